The van der Waals surface area contributed by atoms with E-state index in [1.165, 1.54) is 24.0 Å². The van der Waals surface area contributed by atoms with Crippen LogP contribution in [-0.2, 0) is 0 Å². The molecule has 116 valence electrons. The van der Waals surface area contributed by atoms with Gasteiger partial charge >= 0.3 is 0 Å². The third kappa shape index (κ3) is 25.5. The Hall–Kier alpha value is -1.34. The second-order valence-corrected chi connectivity index (χ2v) is 4.03. The molecule has 1 nitrogen and oxygen atoms in total. The Balaban J connectivity index is -0.000000229. The number of rotatable bonds is 3. The molecular formula is C19H35N. The molecule has 1 rings (SSSR count). The van der Waals surface area contributed by atoms with Crippen LogP contribution in [0, 0.1) is 0 Å². The number of allylic oxidation sites excluding steroid dienone is 2. The molecule has 0 unspecified atom stereocenters. The van der Waals surface area contributed by atoms with E-state index in [1.54, 1.807) is 0 Å². The Labute approximate surface area is 127 Å². The van der Waals surface area contributed by atoms with Crippen LogP contribution in [0.15, 0.2) is 48.6 Å². The van der Waals surface area contributed by atoms with Crippen molar-refractivity contribution >= 4 is 6.08 Å². The van der Waals surface area contributed by atoms with Gasteiger partial charge in [-0.2, -0.15) is 0 Å². The monoisotopic (exact) mass is 277 g/mol. The SMILES string of the molecule is C/C=C/c1ccccc1.C=C(C)CCC.CC.CCN. The molecule has 0 radical (unpaired) electrons. The number of benzene rings is 1. The summed E-state index contributed by atoms with van der Waals surface area (Å²) in [6, 6.07) is 10.3. The maximum absolute atomic E-state index is 4.85. The molecule has 0 bridgehead atoms. The van der Waals surface area contributed by atoms with Crippen LogP contribution in [0.2, 0.25) is 0 Å². The highest BCUT2D eigenvalue weighted by Crippen LogP contribution is 1.99. The molecule has 20 heavy (non-hydrogen) atoms. The lowest BCUT2D eigenvalue weighted by atomic mass is 10.2. The first-order chi connectivity index (χ1) is 9.62. The highest BCUT2D eigenvalue weighted by Gasteiger charge is 1.77. The molecule has 1 heteroatoms. The minimum absolute atomic E-state index is 0.750. The third-order valence-electron chi connectivity index (χ3n) is 1.84. The number of hydrogen-bond donors (Lipinski definition) is 1. The summed E-state index contributed by atoms with van der Waals surface area (Å²) >= 11 is 0. The van der Waals surface area contributed by atoms with Crippen molar-refractivity contribution in [3.8, 4) is 0 Å². The molecule has 0 spiro atoms. The molecule has 0 aromatic heterocycles. The molecular weight excluding hydrogens is 242 g/mol. The first kappa shape index (κ1) is 23.7. The van der Waals surface area contributed by atoms with Crippen molar-refractivity contribution in [1.29, 1.82) is 0 Å². The zero-order valence-corrected chi connectivity index (χ0v) is 14.4. The van der Waals surface area contributed by atoms with E-state index in [4.69, 9.17) is 5.73 Å². The highest BCUT2D eigenvalue weighted by molar-refractivity contribution is 5.47. The van der Waals surface area contributed by atoms with Crippen LogP contribution in [0.4, 0.5) is 0 Å². The highest BCUT2D eigenvalue weighted by atomic mass is 14.5. The standard InChI is InChI=1S/C9H10.C6H12.C2H7N.C2H6/c1-2-6-9-7-4-3-5-8-9;1-4-5-6(2)3;1-2-3;1-2/h2-8H,1H3;2,4-5H2,1,3H3;2-3H2,1H3;1-2H3/b6-2+;;;. The first-order valence-corrected chi connectivity index (χ1v) is 7.64. The summed E-state index contributed by atoms with van der Waals surface area (Å²) in [6.07, 6.45) is 6.53. The minimum atomic E-state index is 0.750. The summed E-state index contributed by atoms with van der Waals surface area (Å²) in [7, 11) is 0. The quantitative estimate of drug-likeness (QED) is 0.666. The van der Waals surface area contributed by atoms with Gasteiger partial charge < -0.3 is 5.73 Å². The smallest absolute Gasteiger partial charge is 0.0106 e. The van der Waals surface area contributed by atoms with Crippen molar-refractivity contribution in [2.45, 2.75) is 54.4 Å². The van der Waals surface area contributed by atoms with Crippen molar-refractivity contribution in [2.75, 3.05) is 6.54 Å². The fourth-order valence-electron chi connectivity index (χ4n) is 1.18. The molecule has 0 atom stereocenters. The lowest BCUT2D eigenvalue weighted by molar-refractivity contribution is 0.910. The molecule has 0 aliphatic rings. The van der Waals surface area contributed by atoms with Gasteiger partial charge in [-0.1, -0.05) is 82.2 Å². The molecule has 0 aliphatic carbocycles. The van der Waals surface area contributed by atoms with Crippen LogP contribution < -0.4 is 5.73 Å². The second-order valence-electron chi connectivity index (χ2n) is 4.03. The Kier molecular flexibility index (Phi) is 27.1. The lowest BCUT2D eigenvalue weighted by Crippen LogP contribution is -1.87. The van der Waals surface area contributed by atoms with E-state index in [-0.39, 0.29) is 0 Å². The molecule has 2 N–H and O–H groups in total. The third-order valence-corrected chi connectivity index (χ3v) is 1.84. The minimum Gasteiger partial charge on any atom is -0.331 e. The Morgan fingerprint density at radius 1 is 1.15 bits per heavy atom. The van der Waals surface area contributed by atoms with E-state index in [0.29, 0.717) is 0 Å². The van der Waals surface area contributed by atoms with Crippen LogP contribution in [0.1, 0.15) is 59.9 Å². The summed E-state index contributed by atoms with van der Waals surface area (Å²) in [6.45, 7) is 16.6. The van der Waals surface area contributed by atoms with Crippen LogP contribution in [-0.4, -0.2) is 6.54 Å². The van der Waals surface area contributed by atoms with Crippen molar-refractivity contribution in [1.82, 2.24) is 0 Å². The van der Waals surface area contributed by atoms with Crippen molar-refractivity contribution in [3.63, 3.8) is 0 Å². The normalized spacial score (nSPS) is 8.35. The van der Waals surface area contributed by atoms with Gasteiger partial charge in [-0.3, -0.25) is 0 Å². The predicted octanol–water partition coefficient (Wildman–Crippen LogP) is 6.07. The molecule has 1 aromatic carbocycles. The van der Waals surface area contributed by atoms with E-state index >= 15 is 0 Å². The number of nitrogens with two attached hydrogens (primary N) is 1. The van der Waals surface area contributed by atoms with Gasteiger partial charge in [0, 0.05) is 0 Å². The van der Waals surface area contributed by atoms with Crippen LogP contribution >= 0.6 is 0 Å². The van der Waals surface area contributed by atoms with Gasteiger partial charge in [0.15, 0.2) is 0 Å². The van der Waals surface area contributed by atoms with Crippen molar-refractivity contribution in [2.24, 2.45) is 5.73 Å². The number of hydrogen-bond acceptors (Lipinski definition) is 1. The molecule has 0 amide bonds. The first-order valence-electron chi connectivity index (χ1n) is 7.64. The zero-order chi connectivity index (χ0) is 16.2. The average molecular weight is 277 g/mol. The predicted molar refractivity (Wildman–Crippen MR) is 96.9 cm³/mol. The van der Waals surface area contributed by atoms with Gasteiger partial charge in [0.25, 0.3) is 0 Å². The maximum atomic E-state index is 4.85. The molecule has 1 aromatic rings. The van der Waals surface area contributed by atoms with E-state index in [1.807, 2.05) is 52.0 Å². The molecule has 0 fully saturated rings. The van der Waals surface area contributed by atoms with Gasteiger partial charge in [0.1, 0.15) is 0 Å². The Bertz CT molecular complexity index is 299. The van der Waals surface area contributed by atoms with Crippen molar-refractivity contribution < 1.29 is 0 Å². The zero-order valence-electron chi connectivity index (χ0n) is 14.4. The largest absolute Gasteiger partial charge is 0.331 e. The fourth-order valence-corrected chi connectivity index (χ4v) is 1.18. The van der Waals surface area contributed by atoms with E-state index in [2.05, 4.69) is 38.6 Å². The van der Waals surface area contributed by atoms with Gasteiger partial charge in [-0.05, 0) is 32.4 Å². The molecule has 0 heterocycles. The molecule has 0 aliphatic heterocycles. The summed E-state index contributed by atoms with van der Waals surface area (Å²) in [4.78, 5) is 0. The van der Waals surface area contributed by atoms with E-state index < -0.39 is 0 Å². The summed E-state index contributed by atoms with van der Waals surface area (Å²) in [5, 5.41) is 0. The van der Waals surface area contributed by atoms with Crippen molar-refractivity contribution in [3.05, 3.63) is 54.1 Å². The maximum Gasteiger partial charge on any atom is -0.0106 e. The van der Waals surface area contributed by atoms with Gasteiger partial charge in [-0.25, -0.2) is 0 Å². The van der Waals surface area contributed by atoms with Crippen LogP contribution in [0.3, 0.4) is 0 Å². The Morgan fingerprint density at radius 2 is 1.60 bits per heavy atom. The Morgan fingerprint density at radius 3 is 1.85 bits per heavy atom. The average Bonchev–Trinajstić information content (AvgIpc) is 2.44. The van der Waals surface area contributed by atoms with Crippen LogP contribution in [0.5, 0.6) is 0 Å². The second kappa shape index (κ2) is 22.8. The van der Waals surface area contributed by atoms with E-state index in [9.17, 15) is 0 Å². The van der Waals surface area contributed by atoms with E-state index in [0.717, 1.165) is 6.54 Å². The van der Waals surface area contributed by atoms with Crippen LogP contribution in [0.25, 0.3) is 6.08 Å². The fraction of sp³-hybridized carbons (Fsp3) is 0.474. The molecule has 0 saturated carbocycles. The van der Waals surface area contributed by atoms with Gasteiger partial charge in [0.05, 0.1) is 0 Å². The van der Waals surface area contributed by atoms with Gasteiger partial charge in [0.2, 0.25) is 0 Å². The molecule has 0 saturated heterocycles. The summed E-state index contributed by atoms with van der Waals surface area (Å²) in [5.41, 5.74) is 7.40. The lowest BCUT2D eigenvalue weighted by Gasteiger charge is -1.87. The van der Waals surface area contributed by atoms with Gasteiger partial charge in [-0.15, -0.1) is 6.58 Å². The topological polar surface area (TPSA) is 26.0 Å². The summed E-state index contributed by atoms with van der Waals surface area (Å²) in [5.74, 6) is 0. The summed E-state index contributed by atoms with van der Waals surface area (Å²) < 4.78 is 0.